The Bertz CT molecular complexity index is 770. The summed E-state index contributed by atoms with van der Waals surface area (Å²) in [7, 11) is 0. The van der Waals surface area contributed by atoms with Crippen LogP contribution in [0.15, 0.2) is 30.3 Å². The first-order valence-electron chi connectivity index (χ1n) is 7.30. The smallest absolute Gasteiger partial charge is 0.360 e. The Hall–Kier alpha value is -0.540. The maximum atomic E-state index is 13.1. The highest BCUT2D eigenvalue weighted by molar-refractivity contribution is 8.89. The lowest BCUT2D eigenvalue weighted by atomic mass is 10.0. The van der Waals surface area contributed by atoms with E-state index in [1.165, 1.54) is 45.0 Å². The van der Waals surface area contributed by atoms with Crippen molar-refractivity contribution in [2.24, 2.45) is 0 Å². The van der Waals surface area contributed by atoms with Crippen LogP contribution in [-0.4, -0.2) is 0 Å². The third-order valence-corrected chi connectivity index (χ3v) is 11.3. The summed E-state index contributed by atoms with van der Waals surface area (Å²) < 4.78 is 19.0. The van der Waals surface area contributed by atoms with E-state index >= 15 is 0 Å². The lowest BCUT2D eigenvalue weighted by Gasteiger charge is -2.16. The summed E-state index contributed by atoms with van der Waals surface area (Å²) in [6.07, 6.45) is 0. The predicted molar refractivity (Wildman–Crippen MR) is 103 cm³/mol. The average molecular weight is 385 g/mol. The van der Waals surface area contributed by atoms with E-state index in [-0.39, 0.29) is 0 Å². The number of hydrogen-bond acceptors (Lipinski definition) is 4. The largest absolute Gasteiger partial charge is 0.429 e. The van der Waals surface area contributed by atoms with E-state index in [1.54, 1.807) is 12.1 Å². The van der Waals surface area contributed by atoms with Crippen molar-refractivity contribution in [1.29, 1.82) is 0 Å². The molecule has 1 aliphatic heterocycles. The van der Waals surface area contributed by atoms with Gasteiger partial charge in [-0.05, 0) is 89.6 Å². The van der Waals surface area contributed by atoms with Crippen molar-refractivity contribution in [3.05, 3.63) is 63.2 Å². The van der Waals surface area contributed by atoms with Crippen molar-refractivity contribution in [1.82, 2.24) is 0 Å². The molecule has 0 aromatic heterocycles. The molecule has 0 aliphatic carbocycles. The Labute approximate surface area is 150 Å². The van der Waals surface area contributed by atoms with E-state index in [0.717, 1.165) is 5.56 Å². The fourth-order valence-electron chi connectivity index (χ4n) is 2.39. The van der Waals surface area contributed by atoms with Crippen molar-refractivity contribution < 1.29 is 9.09 Å². The number of benzene rings is 2. The number of aryl methyl sites for hydroxylation is 3. The van der Waals surface area contributed by atoms with Gasteiger partial charge in [-0.3, -0.25) is 4.57 Å². The quantitative estimate of drug-likeness (QED) is 0.524. The Morgan fingerprint density at radius 1 is 0.957 bits per heavy atom. The average Bonchev–Trinajstić information content (AvgIpc) is 2.65. The van der Waals surface area contributed by atoms with Crippen LogP contribution in [-0.2, 0) is 16.1 Å². The maximum Gasteiger partial charge on any atom is 0.360 e. The topological polar surface area (TPSA) is 26.3 Å². The summed E-state index contributed by atoms with van der Waals surface area (Å²) >= 11 is 8.86. The highest BCUT2D eigenvalue weighted by Crippen LogP contribution is 2.72. The van der Waals surface area contributed by atoms with Crippen molar-refractivity contribution in [2.75, 3.05) is 0 Å². The summed E-state index contributed by atoms with van der Waals surface area (Å²) in [6.45, 7) is 6.15. The van der Waals surface area contributed by atoms with E-state index in [0.29, 0.717) is 22.3 Å². The minimum absolute atomic E-state index is 0.619. The van der Waals surface area contributed by atoms with Crippen LogP contribution in [0.5, 0.6) is 5.75 Å². The van der Waals surface area contributed by atoms with Crippen LogP contribution in [0.3, 0.4) is 0 Å². The summed E-state index contributed by atoms with van der Waals surface area (Å²) in [5.41, 5.74) is 6.01. The van der Waals surface area contributed by atoms with Crippen LogP contribution in [0.1, 0.15) is 27.8 Å². The van der Waals surface area contributed by atoms with Crippen molar-refractivity contribution in [3.8, 4) is 5.75 Å². The fraction of sp³-hybridized carbons (Fsp3) is 0.294. The minimum Gasteiger partial charge on any atom is -0.429 e. The van der Waals surface area contributed by atoms with Gasteiger partial charge in [0, 0.05) is 16.5 Å². The molecule has 1 heterocycles. The molecule has 23 heavy (non-hydrogen) atoms. The Balaban J connectivity index is 1.82. The zero-order valence-corrected chi connectivity index (χ0v) is 16.5. The third kappa shape index (κ3) is 3.93. The molecule has 0 radical (unpaired) electrons. The van der Waals surface area contributed by atoms with Gasteiger partial charge < -0.3 is 4.52 Å². The molecule has 0 spiro atoms. The highest BCUT2D eigenvalue weighted by atomic mass is 35.5. The normalized spacial score (nSPS) is 16.5. The van der Waals surface area contributed by atoms with Gasteiger partial charge in [-0.1, -0.05) is 23.7 Å². The zero-order chi connectivity index (χ0) is 16.6. The van der Waals surface area contributed by atoms with Gasteiger partial charge in [0.25, 0.3) is 0 Å². The van der Waals surface area contributed by atoms with Gasteiger partial charge in [-0.2, -0.15) is 0 Å². The Kier molecular flexibility index (Phi) is 5.08. The molecule has 1 aliphatic rings. The first-order chi connectivity index (χ1) is 10.9. The molecule has 0 N–H and O–H groups in total. The molecule has 0 fully saturated rings. The second kappa shape index (κ2) is 6.76. The van der Waals surface area contributed by atoms with E-state index in [4.69, 9.17) is 16.1 Å². The SMILES string of the molecule is Cc1cc2c(cc1C)CSP(=O)(Oc1ccc(Cl)c(C)c1)SC2. The maximum absolute atomic E-state index is 13.1. The molecular formula is C17H18ClO2PS2. The van der Waals surface area contributed by atoms with E-state index in [9.17, 15) is 4.57 Å². The highest BCUT2D eigenvalue weighted by Gasteiger charge is 2.30. The number of fused-ring (bicyclic) bond motifs is 1. The van der Waals surface area contributed by atoms with Crippen LogP contribution < -0.4 is 4.52 Å². The molecule has 3 rings (SSSR count). The van der Waals surface area contributed by atoms with Gasteiger partial charge in [0.2, 0.25) is 0 Å². The number of rotatable bonds is 2. The second-order valence-corrected chi connectivity index (χ2v) is 13.4. The second-order valence-electron chi connectivity index (χ2n) is 5.70. The van der Waals surface area contributed by atoms with Crippen LogP contribution in [0, 0.1) is 20.8 Å². The summed E-state index contributed by atoms with van der Waals surface area (Å²) in [5, 5.41) is 0.690. The minimum atomic E-state index is -2.84. The summed E-state index contributed by atoms with van der Waals surface area (Å²) in [5.74, 6) is -0.786. The van der Waals surface area contributed by atoms with Crippen molar-refractivity contribution in [3.63, 3.8) is 0 Å². The molecule has 0 unspecified atom stereocenters. The molecule has 6 heteroatoms. The van der Waals surface area contributed by atoms with Crippen LogP contribution in [0.25, 0.3) is 0 Å². The molecule has 2 aromatic rings. The summed E-state index contributed by atoms with van der Waals surface area (Å²) in [4.78, 5) is 0. The van der Waals surface area contributed by atoms with Gasteiger partial charge in [0.05, 0.1) is 0 Å². The summed E-state index contributed by atoms with van der Waals surface area (Å²) in [6, 6.07) is 9.82. The van der Waals surface area contributed by atoms with E-state index in [2.05, 4.69) is 26.0 Å². The first kappa shape index (κ1) is 17.3. The van der Waals surface area contributed by atoms with Crippen LogP contribution in [0.4, 0.5) is 0 Å². The van der Waals surface area contributed by atoms with E-state index < -0.39 is 5.77 Å². The van der Waals surface area contributed by atoms with Crippen molar-refractivity contribution in [2.45, 2.75) is 32.3 Å². The monoisotopic (exact) mass is 384 g/mol. The van der Waals surface area contributed by atoms with Crippen LogP contribution >= 0.6 is 40.1 Å². The molecular weight excluding hydrogens is 367 g/mol. The Morgan fingerprint density at radius 2 is 1.52 bits per heavy atom. The first-order valence-corrected chi connectivity index (χ1v) is 12.5. The van der Waals surface area contributed by atoms with Gasteiger partial charge in [-0.25, -0.2) is 0 Å². The molecule has 0 amide bonds. The standard InChI is InChI=1S/C17H18ClO2PS2/c1-11-6-14-9-22-21(19,23-10-15(14)7-12(11)2)20-16-4-5-17(18)13(3)8-16/h4-8H,9-10H2,1-3H3. The molecule has 2 aromatic carbocycles. The lowest BCUT2D eigenvalue weighted by Crippen LogP contribution is -1.92. The van der Waals surface area contributed by atoms with Gasteiger partial charge in [0.1, 0.15) is 5.75 Å². The molecule has 0 saturated heterocycles. The van der Waals surface area contributed by atoms with Gasteiger partial charge in [-0.15, -0.1) is 0 Å². The van der Waals surface area contributed by atoms with Gasteiger partial charge >= 0.3 is 5.77 Å². The Morgan fingerprint density at radius 3 is 2.04 bits per heavy atom. The van der Waals surface area contributed by atoms with Crippen molar-refractivity contribution >= 4 is 40.1 Å². The zero-order valence-electron chi connectivity index (χ0n) is 13.3. The van der Waals surface area contributed by atoms with E-state index in [1.807, 2.05) is 13.0 Å². The molecule has 2 nitrogen and oxygen atoms in total. The molecule has 0 atom stereocenters. The predicted octanol–water partition coefficient (Wildman–Crippen LogP) is 6.93. The molecule has 0 bridgehead atoms. The molecule has 0 saturated carbocycles. The van der Waals surface area contributed by atoms with Crippen LogP contribution in [0.2, 0.25) is 5.02 Å². The number of halogens is 1. The van der Waals surface area contributed by atoms with Gasteiger partial charge in [0.15, 0.2) is 0 Å². The fourth-order valence-corrected chi connectivity index (χ4v) is 8.65. The number of hydrogen-bond donors (Lipinski definition) is 0. The lowest BCUT2D eigenvalue weighted by molar-refractivity contribution is 0.515. The third-order valence-electron chi connectivity index (χ3n) is 3.92. The molecule has 122 valence electrons.